The largest absolute Gasteiger partial charge is 0.497 e. The van der Waals surface area contributed by atoms with Gasteiger partial charge in [-0.3, -0.25) is 0 Å². The van der Waals surface area contributed by atoms with E-state index in [1.54, 1.807) is 24.3 Å². The Hall–Kier alpha value is -2.99. The number of rotatable bonds is 7. The quantitative estimate of drug-likeness (QED) is 0.542. The summed E-state index contributed by atoms with van der Waals surface area (Å²) in [6.07, 6.45) is -11.0. The lowest BCUT2D eigenvalue weighted by Gasteiger charge is -2.24. The summed E-state index contributed by atoms with van der Waals surface area (Å²) in [5, 5.41) is 5.68. The minimum Gasteiger partial charge on any atom is -0.497 e. The van der Waals surface area contributed by atoms with E-state index in [4.69, 9.17) is 4.74 Å². The molecule has 0 unspecified atom stereocenters. The summed E-state index contributed by atoms with van der Waals surface area (Å²) in [6.45, 7) is 0. The molecule has 0 aliphatic heterocycles. The number of benzene rings is 1. The van der Waals surface area contributed by atoms with Crippen molar-refractivity contribution in [2.75, 3.05) is 17.7 Å². The van der Waals surface area contributed by atoms with Gasteiger partial charge in [0.1, 0.15) is 5.75 Å². The Bertz CT molecular complexity index is 871. The summed E-state index contributed by atoms with van der Waals surface area (Å²) in [4.78, 5) is 11.3. The van der Waals surface area contributed by atoms with Crippen LogP contribution in [0.2, 0.25) is 0 Å². The van der Waals surface area contributed by atoms with E-state index in [2.05, 4.69) is 30.3 Å². The van der Waals surface area contributed by atoms with Crippen LogP contribution in [0.4, 0.5) is 43.9 Å². The summed E-state index contributed by atoms with van der Waals surface area (Å²) in [5.41, 5.74) is 0.426. The van der Waals surface area contributed by atoms with Gasteiger partial charge in [-0.15, -0.1) is 0 Å². The Morgan fingerprint density at radius 3 is 2.03 bits per heavy atom. The Kier molecular flexibility index (Phi) is 7.14. The molecule has 1 saturated carbocycles. The van der Waals surface area contributed by atoms with Crippen molar-refractivity contribution in [2.24, 2.45) is 0 Å². The van der Waals surface area contributed by atoms with E-state index >= 15 is 0 Å². The first-order valence-corrected chi connectivity index (χ1v) is 9.78. The molecule has 0 saturated heterocycles. The van der Waals surface area contributed by atoms with Crippen LogP contribution >= 0.6 is 0 Å². The number of alkyl halides is 6. The van der Waals surface area contributed by atoms with Crippen molar-refractivity contribution in [3.8, 4) is 11.8 Å². The number of hydrogen-bond acceptors (Lipinski definition) is 7. The zero-order valence-electron chi connectivity index (χ0n) is 16.9. The number of nitrogens with one attached hydrogen (secondary N) is 2. The molecule has 32 heavy (non-hydrogen) atoms. The number of anilines is 3. The van der Waals surface area contributed by atoms with Gasteiger partial charge in [0.25, 0.3) is 6.10 Å². The predicted octanol–water partition coefficient (Wildman–Crippen LogP) is 5.24. The maximum absolute atomic E-state index is 12.9. The molecular weight excluding hydrogens is 444 g/mol. The van der Waals surface area contributed by atoms with Crippen LogP contribution in [0.1, 0.15) is 32.1 Å². The molecule has 1 aromatic carbocycles. The van der Waals surface area contributed by atoms with Crippen LogP contribution in [0.5, 0.6) is 11.8 Å². The van der Waals surface area contributed by atoms with Gasteiger partial charge in [0, 0.05) is 11.7 Å². The molecule has 0 atom stereocenters. The van der Waals surface area contributed by atoms with Crippen LogP contribution in [-0.4, -0.2) is 46.6 Å². The SMILES string of the molecule is COc1ccc(Nc2nc(NC3CCCCC3)nc(OC(C(F)(F)F)C(F)(F)F)n2)cc1. The number of aromatic nitrogens is 3. The van der Waals surface area contributed by atoms with Gasteiger partial charge in [-0.2, -0.15) is 41.3 Å². The zero-order valence-corrected chi connectivity index (χ0v) is 16.9. The lowest BCUT2D eigenvalue weighted by molar-refractivity contribution is -0.301. The van der Waals surface area contributed by atoms with Gasteiger partial charge in [-0.05, 0) is 37.1 Å². The lowest BCUT2D eigenvalue weighted by Crippen LogP contribution is -2.47. The molecule has 2 N–H and O–H groups in total. The second-order valence-electron chi connectivity index (χ2n) is 7.18. The van der Waals surface area contributed by atoms with Crippen molar-refractivity contribution in [1.82, 2.24) is 15.0 Å². The van der Waals surface area contributed by atoms with Crippen LogP contribution in [0.3, 0.4) is 0 Å². The highest BCUT2D eigenvalue weighted by molar-refractivity contribution is 5.55. The molecule has 176 valence electrons. The summed E-state index contributed by atoms with van der Waals surface area (Å²) in [5.74, 6) is 0.0932. The summed E-state index contributed by atoms with van der Waals surface area (Å²) >= 11 is 0. The zero-order chi connectivity index (χ0) is 23.4. The molecule has 0 spiro atoms. The van der Waals surface area contributed by atoms with E-state index < -0.39 is 24.5 Å². The minimum absolute atomic E-state index is 0.0612. The van der Waals surface area contributed by atoms with Crippen LogP contribution in [0.25, 0.3) is 0 Å². The minimum atomic E-state index is -5.70. The van der Waals surface area contributed by atoms with Crippen molar-refractivity contribution in [1.29, 1.82) is 0 Å². The number of nitrogens with zero attached hydrogens (tertiary/aromatic N) is 3. The molecular formula is C19H21F6N5O2. The van der Waals surface area contributed by atoms with Gasteiger partial charge in [0.15, 0.2) is 0 Å². The third-order valence-electron chi connectivity index (χ3n) is 4.72. The molecule has 1 aliphatic rings. The van der Waals surface area contributed by atoms with E-state index in [1.165, 1.54) is 7.11 Å². The smallest absolute Gasteiger partial charge is 0.434 e. The van der Waals surface area contributed by atoms with Gasteiger partial charge in [0.05, 0.1) is 7.11 Å². The van der Waals surface area contributed by atoms with Gasteiger partial charge >= 0.3 is 18.4 Å². The normalized spacial score (nSPS) is 15.5. The molecule has 7 nitrogen and oxygen atoms in total. The van der Waals surface area contributed by atoms with Gasteiger partial charge in [-0.25, -0.2) is 0 Å². The van der Waals surface area contributed by atoms with Crippen molar-refractivity contribution < 1.29 is 35.8 Å². The fourth-order valence-electron chi connectivity index (χ4n) is 3.19. The fourth-order valence-corrected chi connectivity index (χ4v) is 3.19. The standard InChI is InChI=1S/C19H21F6N5O2/c1-31-13-9-7-12(8-10-13)27-16-28-15(26-11-5-3-2-4-6-11)29-17(30-16)32-14(18(20,21)22)19(23,24)25/h7-11,14H,2-6H2,1H3,(H2,26,27,28,29,30). The number of methoxy groups -OCH3 is 1. The topological polar surface area (TPSA) is 81.2 Å². The van der Waals surface area contributed by atoms with Gasteiger partial charge < -0.3 is 20.1 Å². The summed E-state index contributed by atoms with van der Waals surface area (Å²) < 4.78 is 86.8. The molecule has 1 aliphatic carbocycles. The Labute approximate surface area is 179 Å². The maximum atomic E-state index is 12.9. The monoisotopic (exact) mass is 465 g/mol. The highest BCUT2D eigenvalue weighted by Crippen LogP contribution is 2.36. The third-order valence-corrected chi connectivity index (χ3v) is 4.72. The van der Waals surface area contributed by atoms with Gasteiger partial charge in [-0.1, -0.05) is 19.3 Å². The fraction of sp³-hybridized carbons (Fsp3) is 0.526. The van der Waals surface area contributed by atoms with Crippen molar-refractivity contribution in [3.63, 3.8) is 0 Å². The molecule has 0 bridgehead atoms. The van der Waals surface area contributed by atoms with E-state index in [1.807, 2.05) is 0 Å². The van der Waals surface area contributed by atoms with Crippen LogP contribution < -0.4 is 20.1 Å². The van der Waals surface area contributed by atoms with Crippen LogP contribution in [-0.2, 0) is 0 Å². The Morgan fingerprint density at radius 2 is 1.47 bits per heavy atom. The van der Waals surface area contributed by atoms with E-state index in [0.717, 1.165) is 32.1 Å². The first-order valence-electron chi connectivity index (χ1n) is 9.78. The first-order chi connectivity index (χ1) is 15.0. The number of ether oxygens (including phenoxy) is 2. The van der Waals surface area contributed by atoms with Gasteiger partial charge in [0.2, 0.25) is 11.9 Å². The predicted molar refractivity (Wildman–Crippen MR) is 103 cm³/mol. The molecule has 2 aromatic rings. The van der Waals surface area contributed by atoms with Crippen molar-refractivity contribution in [3.05, 3.63) is 24.3 Å². The lowest BCUT2D eigenvalue weighted by atomic mass is 9.96. The second kappa shape index (κ2) is 9.65. The second-order valence-corrected chi connectivity index (χ2v) is 7.18. The molecule has 13 heteroatoms. The van der Waals surface area contributed by atoms with Crippen LogP contribution in [0, 0.1) is 0 Å². The summed E-state index contributed by atoms with van der Waals surface area (Å²) in [6, 6.07) is 5.19. The Balaban J connectivity index is 1.89. The van der Waals surface area contributed by atoms with E-state index in [0.29, 0.717) is 11.4 Å². The first kappa shape index (κ1) is 23.7. The van der Waals surface area contributed by atoms with Crippen molar-refractivity contribution in [2.45, 2.75) is 56.6 Å². The highest BCUT2D eigenvalue weighted by Gasteiger charge is 2.59. The Morgan fingerprint density at radius 1 is 0.875 bits per heavy atom. The third kappa shape index (κ3) is 6.50. The molecule has 1 aromatic heterocycles. The number of halogens is 6. The highest BCUT2D eigenvalue weighted by atomic mass is 19.4. The molecule has 0 amide bonds. The molecule has 3 rings (SSSR count). The number of hydrogen-bond donors (Lipinski definition) is 2. The van der Waals surface area contributed by atoms with E-state index in [9.17, 15) is 26.3 Å². The average Bonchev–Trinajstić information content (AvgIpc) is 2.71. The van der Waals surface area contributed by atoms with Crippen molar-refractivity contribution >= 4 is 17.6 Å². The molecule has 0 radical (unpaired) electrons. The van der Waals surface area contributed by atoms with Crippen LogP contribution in [0.15, 0.2) is 24.3 Å². The van der Waals surface area contributed by atoms with E-state index in [-0.39, 0.29) is 17.9 Å². The maximum Gasteiger partial charge on any atom is 0.434 e. The molecule has 1 heterocycles. The molecule has 1 fully saturated rings. The summed E-state index contributed by atoms with van der Waals surface area (Å²) in [7, 11) is 1.47. The average molecular weight is 465 g/mol.